The minimum Gasteiger partial charge on any atom is -0.308 e. The molecule has 0 atom stereocenters. The average molecular weight is 439 g/mol. The van der Waals surface area contributed by atoms with Gasteiger partial charge in [-0.25, -0.2) is 0 Å². The molecule has 1 aliphatic carbocycles. The Hall–Kier alpha value is -3.95. The lowest BCUT2D eigenvalue weighted by Gasteiger charge is -2.12. The molecule has 33 heavy (non-hydrogen) atoms. The van der Waals surface area contributed by atoms with E-state index in [1.165, 1.54) is 64.2 Å². The number of thiophene rings is 1. The summed E-state index contributed by atoms with van der Waals surface area (Å²) in [5.74, 6) is 0. The fourth-order valence-corrected chi connectivity index (χ4v) is 7.08. The van der Waals surface area contributed by atoms with Crippen LogP contribution in [-0.4, -0.2) is 9.55 Å². The van der Waals surface area contributed by atoms with E-state index < -0.39 is 0 Å². The van der Waals surface area contributed by atoms with E-state index in [9.17, 15) is 0 Å². The Bertz CT molecular complexity index is 1890. The molecule has 0 spiro atoms. The van der Waals surface area contributed by atoms with Gasteiger partial charge in [0.2, 0.25) is 0 Å². The molecular formula is C30H18N2S. The van der Waals surface area contributed by atoms with Gasteiger partial charge < -0.3 is 4.57 Å². The molecule has 0 fully saturated rings. The molecule has 0 saturated heterocycles. The summed E-state index contributed by atoms with van der Waals surface area (Å²) in [4.78, 5) is 4.29. The maximum absolute atomic E-state index is 4.29. The molecule has 8 rings (SSSR count). The lowest BCUT2D eigenvalue weighted by molar-refractivity contribution is 1.16. The van der Waals surface area contributed by atoms with Crippen molar-refractivity contribution in [1.82, 2.24) is 9.55 Å². The highest BCUT2D eigenvalue weighted by molar-refractivity contribution is 7.26. The Labute approximate surface area is 194 Å². The Morgan fingerprint density at radius 3 is 2.39 bits per heavy atom. The van der Waals surface area contributed by atoms with Crippen molar-refractivity contribution in [3.05, 3.63) is 108 Å². The maximum atomic E-state index is 4.29. The van der Waals surface area contributed by atoms with Crippen molar-refractivity contribution in [1.29, 1.82) is 0 Å². The highest BCUT2D eigenvalue weighted by Crippen LogP contribution is 2.53. The normalized spacial score (nSPS) is 12.7. The van der Waals surface area contributed by atoms with Crippen LogP contribution in [0.4, 0.5) is 0 Å². The first kappa shape index (κ1) is 17.6. The van der Waals surface area contributed by atoms with Crippen LogP contribution >= 0.6 is 11.3 Å². The van der Waals surface area contributed by atoms with Gasteiger partial charge in [0.05, 0.1) is 11.0 Å². The van der Waals surface area contributed by atoms with Crippen LogP contribution in [0.2, 0.25) is 0 Å². The standard InChI is InChI=1S/C30H18N2S/c1-2-8-20-18(7-1)17-23-26(20)29-27(28-22-10-4-6-12-25(22)33-30(23)28)21-9-3-5-11-24(21)32(29)19-13-15-31-16-14-19/h1-16H,17H2. The number of hydrogen-bond donors (Lipinski definition) is 0. The van der Waals surface area contributed by atoms with Crippen LogP contribution in [0, 0.1) is 0 Å². The summed E-state index contributed by atoms with van der Waals surface area (Å²) in [6.45, 7) is 0. The molecule has 0 amide bonds. The van der Waals surface area contributed by atoms with Gasteiger partial charge in [-0.3, -0.25) is 4.98 Å². The fourth-order valence-electron chi connectivity index (χ4n) is 5.82. The van der Waals surface area contributed by atoms with E-state index in [1.54, 1.807) is 0 Å². The third-order valence-electron chi connectivity index (χ3n) is 7.11. The molecule has 0 bridgehead atoms. The van der Waals surface area contributed by atoms with Crippen molar-refractivity contribution >= 4 is 53.3 Å². The Morgan fingerprint density at radius 2 is 1.48 bits per heavy atom. The Morgan fingerprint density at radius 1 is 0.727 bits per heavy atom. The van der Waals surface area contributed by atoms with Crippen LogP contribution in [-0.2, 0) is 6.42 Å². The van der Waals surface area contributed by atoms with E-state index in [1.807, 2.05) is 23.7 Å². The molecule has 3 aromatic heterocycles. The summed E-state index contributed by atoms with van der Waals surface area (Å²) in [6.07, 6.45) is 4.77. The van der Waals surface area contributed by atoms with Crippen molar-refractivity contribution in [3.63, 3.8) is 0 Å². The number of para-hydroxylation sites is 1. The zero-order valence-corrected chi connectivity index (χ0v) is 18.6. The largest absolute Gasteiger partial charge is 0.308 e. The second-order valence-corrected chi connectivity index (χ2v) is 9.82. The second kappa shape index (κ2) is 6.31. The molecular weight excluding hydrogens is 420 g/mol. The van der Waals surface area contributed by atoms with E-state index in [2.05, 4.69) is 94.5 Å². The highest BCUT2D eigenvalue weighted by atomic mass is 32.1. The molecule has 4 aromatic carbocycles. The molecule has 0 saturated carbocycles. The van der Waals surface area contributed by atoms with Crippen LogP contribution in [0.3, 0.4) is 0 Å². The molecule has 3 heterocycles. The lowest BCUT2D eigenvalue weighted by Crippen LogP contribution is -1.96. The van der Waals surface area contributed by atoms with Crippen LogP contribution < -0.4 is 0 Å². The number of fused-ring (bicyclic) bond motifs is 12. The van der Waals surface area contributed by atoms with E-state index in [0.29, 0.717) is 0 Å². The third-order valence-corrected chi connectivity index (χ3v) is 8.34. The summed E-state index contributed by atoms with van der Waals surface area (Å²) in [5.41, 5.74) is 9.37. The quantitative estimate of drug-likeness (QED) is 0.253. The van der Waals surface area contributed by atoms with Crippen LogP contribution in [0.1, 0.15) is 11.1 Å². The maximum Gasteiger partial charge on any atom is 0.0629 e. The molecule has 0 unspecified atom stereocenters. The summed E-state index contributed by atoms with van der Waals surface area (Å²) < 4.78 is 5.26. The second-order valence-electron chi connectivity index (χ2n) is 8.77. The minimum atomic E-state index is 0.989. The van der Waals surface area contributed by atoms with Gasteiger partial charge in [-0.05, 0) is 41.0 Å². The summed E-state index contributed by atoms with van der Waals surface area (Å²) in [5, 5.41) is 5.44. The summed E-state index contributed by atoms with van der Waals surface area (Å²) >= 11 is 1.95. The van der Waals surface area contributed by atoms with Gasteiger partial charge in [0, 0.05) is 61.0 Å². The van der Waals surface area contributed by atoms with Gasteiger partial charge in [0.25, 0.3) is 0 Å². The van der Waals surface area contributed by atoms with E-state index in [4.69, 9.17) is 0 Å². The topological polar surface area (TPSA) is 17.8 Å². The molecule has 7 aromatic rings. The number of aromatic nitrogens is 2. The van der Waals surface area contributed by atoms with Crippen molar-refractivity contribution < 1.29 is 0 Å². The van der Waals surface area contributed by atoms with Crippen molar-refractivity contribution in [2.24, 2.45) is 0 Å². The Balaban J connectivity index is 1.74. The van der Waals surface area contributed by atoms with Crippen LogP contribution in [0.5, 0.6) is 0 Å². The molecule has 0 N–H and O–H groups in total. The monoisotopic (exact) mass is 438 g/mol. The molecule has 2 nitrogen and oxygen atoms in total. The van der Waals surface area contributed by atoms with Gasteiger partial charge in [-0.1, -0.05) is 60.7 Å². The Kier molecular flexibility index (Phi) is 3.36. The highest BCUT2D eigenvalue weighted by Gasteiger charge is 2.29. The number of hydrogen-bond acceptors (Lipinski definition) is 2. The fraction of sp³-hybridized carbons (Fsp3) is 0.0333. The van der Waals surface area contributed by atoms with Gasteiger partial charge in [-0.2, -0.15) is 0 Å². The van der Waals surface area contributed by atoms with E-state index in [-0.39, 0.29) is 0 Å². The van der Waals surface area contributed by atoms with Crippen molar-refractivity contribution in [2.45, 2.75) is 6.42 Å². The van der Waals surface area contributed by atoms with Gasteiger partial charge in [-0.15, -0.1) is 11.3 Å². The van der Waals surface area contributed by atoms with Gasteiger partial charge >= 0.3 is 0 Å². The molecule has 3 heteroatoms. The molecule has 0 radical (unpaired) electrons. The van der Waals surface area contributed by atoms with E-state index >= 15 is 0 Å². The summed E-state index contributed by atoms with van der Waals surface area (Å²) in [6, 6.07) is 30.9. The van der Waals surface area contributed by atoms with Crippen LogP contribution in [0.25, 0.3) is 58.8 Å². The first-order valence-corrected chi connectivity index (χ1v) is 12.1. The number of pyridine rings is 1. The van der Waals surface area contributed by atoms with Crippen molar-refractivity contribution in [3.8, 4) is 16.8 Å². The van der Waals surface area contributed by atoms with Crippen LogP contribution in [0.15, 0.2) is 97.3 Å². The molecule has 0 aliphatic heterocycles. The first-order chi connectivity index (χ1) is 16.4. The average Bonchev–Trinajstić information content (AvgIpc) is 3.54. The van der Waals surface area contributed by atoms with Gasteiger partial charge in [0.1, 0.15) is 0 Å². The minimum absolute atomic E-state index is 0.989. The first-order valence-electron chi connectivity index (χ1n) is 11.3. The lowest BCUT2D eigenvalue weighted by atomic mass is 9.97. The SMILES string of the molecule is c1ccc2c(c1)Cc1c-2c2c(c3ccccc3n2-c2ccncc2)c2c1sc1ccccc12. The number of rotatable bonds is 1. The number of benzene rings is 4. The molecule has 1 aliphatic rings. The smallest absolute Gasteiger partial charge is 0.0629 e. The zero-order valence-electron chi connectivity index (χ0n) is 17.7. The zero-order chi connectivity index (χ0) is 21.5. The van der Waals surface area contributed by atoms with E-state index in [0.717, 1.165) is 12.1 Å². The summed E-state index contributed by atoms with van der Waals surface area (Å²) in [7, 11) is 0. The predicted molar refractivity (Wildman–Crippen MR) is 140 cm³/mol. The molecule has 154 valence electrons. The van der Waals surface area contributed by atoms with Crippen molar-refractivity contribution in [2.75, 3.05) is 0 Å². The van der Waals surface area contributed by atoms with Gasteiger partial charge in [0.15, 0.2) is 0 Å². The number of nitrogens with zero attached hydrogens (tertiary/aromatic N) is 2. The third kappa shape index (κ3) is 2.20. The predicted octanol–water partition coefficient (Wildman–Crippen LogP) is 8.12.